The number of hydrogen-bond acceptors (Lipinski definition) is 6. The smallest absolute Gasteiger partial charge is 0.281 e. The largest absolute Gasteiger partial charge is 0.544 e. The monoisotopic (exact) mass is 355 g/mol. The summed E-state index contributed by atoms with van der Waals surface area (Å²) in [5.41, 5.74) is 2.27. The van der Waals surface area contributed by atoms with Crippen LogP contribution in [0, 0.1) is 12.7 Å². The highest BCUT2D eigenvalue weighted by molar-refractivity contribution is 8.03. The zero-order valence-electron chi connectivity index (χ0n) is 13.1. The van der Waals surface area contributed by atoms with Gasteiger partial charge in [-0.05, 0) is 54.6 Å². The average Bonchev–Trinajstić information content (AvgIpc) is 3.03. The molecule has 0 spiro atoms. The highest BCUT2D eigenvalue weighted by Crippen LogP contribution is 2.29. The van der Waals surface area contributed by atoms with E-state index < -0.39 is 5.97 Å². The Labute approximate surface area is 147 Å². The van der Waals surface area contributed by atoms with Gasteiger partial charge in [-0.1, -0.05) is 29.8 Å². The number of aromatic nitrogens is 2. The lowest BCUT2D eigenvalue weighted by atomic mass is 10.1. The van der Waals surface area contributed by atoms with Crippen LogP contribution in [0.2, 0.25) is 0 Å². The lowest BCUT2D eigenvalue weighted by Crippen LogP contribution is -2.23. The fraction of sp³-hybridized carbons (Fsp3) is 0.0556. The number of carboxylic acids is 1. The topological polar surface area (TPSA) is 79.0 Å². The number of carboxylic acid groups (broad SMARTS) is 1. The minimum Gasteiger partial charge on any atom is -0.544 e. The summed E-state index contributed by atoms with van der Waals surface area (Å²) in [6.07, 6.45) is 1.48. The van der Waals surface area contributed by atoms with Gasteiger partial charge in [0.25, 0.3) is 5.22 Å². The van der Waals surface area contributed by atoms with E-state index in [-0.39, 0.29) is 21.8 Å². The molecule has 0 saturated heterocycles. The zero-order chi connectivity index (χ0) is 17.8. The molecular weight excluding hydrogens is 343 g/mol. The second-order valence-electron chi connectivity index (χ2n) is 5.19. The van der Waals surface area contributed by atoms with Gasteiger partial charge in [0.2, 0.25) is 5.89 Å². The Hall–Kier alpha value is -2.93. The minimum absolute atomic E-state index is 0.0556. The number of aryl methyl sites for hydroxylation is 1. The van der Waals surface area contributed by atoms with Crippen LogP contribution in [0.5, 0.6) is 0 Å². The summed E-state index contributed by atoms with van der Waals surface area (Å²) < 4.78 is 18.4. The number of nitrogens with zero attached hydrogens (tertiary/aromatic N) is 2. The second-order valence-corrected chi connectivity index (χ2v) is 6.19. The van der Waals surface area contributed by atoms with Crippen molar-refractivity contribution in [3.8, 4) is 11.5 Å². The molecule has 0 aliphatic carbocycles. The average molecular weight is 355 g/mol. The van der Waals surface area contributed by atoms with E-state index in [0.717, 1.165) is 22.9 Å². The van der Waals surface area contributed by atoms with Crippen molar-refractivity contribution in [2.75, 3.05) is 0 Å². The fourth-order valence-electron chi connectivity index (χ4n) is 2.10. The molecule has 0 fully saturated rings. The molecule has 0 aliphatic heterocycles. The molecule has 7 heteroatoms. The third-order valence-electron chi connectivity index (χ3n) is 3.24. The maximum absolute atomic E-state index is 13.0. The van der Waals surface area contributed by atoms with Crippen molar-refractivity contribution in [3.05, 3.63) is 70.4 Å². The Bertz CT molecular complexity index is 936. The second kappa shape index (κ2) is 7.31. The van der Waals surface area contributed by atoms with Gasteiger partial charge in [-0.3, -0.25) is 0 Å². The fourth-order valence-corrected chi connectivity index (χ4v) is 2.76. The summed E-state index contributed by atoms with van der Waals surface area (Å²) in [5.74, 6) is -1.54. The third-order valence-corrected chi connectivity index (χ3v) is 4.08. The van der Waals surface area contributed by atoms with Crippen molar-refractivity contribution in [2.45, 2.75) is 12.1 Å². The number of carbonyl (C=O) groups excluding carboxylic acids is 1. The highest BCUT2D eigenvalue weighted by Gasteiger charge is 2.12. The molecule has 0 aliphatic rings. The number of hydrogen-bond donors (Lipinski definition) is 0. The number of halogens is 1. The van der Waals surface area contributed by atoms with Gasteiger partial charge < -0.3 is 14.3 Å². The van der Waals surface area contributed by atoms with Gasteiger partial charge in [0.05, 0.1) is 5.97 Å². The molecule has 3 rings (SSSR count). The molecule has 2 aromatic carbocycles. The summed E-state index contributed by atoms with van der Waals surface area (Å²) in [6.45, 7) is 1.91. The van der Waals surface area contributed by atoms with Crippen molar-refractivity contribution in [3.63, 3.8) is 0 Å². The lowest BCUT2D eigenvalue weighted by molar-refractivity contribution is -0.298. The number of aliphatic carboxylic acids is 1. The molecule has 0 radical (unpaired) electrons. The van der Waals surface area contributed by atoms with Crippen LogP contribution in [-0.4, -0.2) is 16.2 Å². The van der Waals surface area contributed by atoms with E-state index in [9.17, 15) is 14.3 Å². The van der Waals surface area contributed by atoms with Gasteiger partial charge in [0.15, 0.2) is 0 Å². The van der Waals surface area contributed by atoms with E-state index in [1.807, 2.05) is 25.1 Å². The Morgan fingerprint density at radius 3 is 2.64 bits per heavy atom. The van der Waals surface area contributed by atoms with Crippen LogP contribution in [-0.2, 0) is 4.79 Å². The van der Waals surface area contributed by atoms with E-state index in [2.05, 4.69) is 10.2 Å². The van der Waals surface area contributed by atoms with Gasteiger partial charge in [-0.15, -0.1) is 10.2 Å². The molecule has 0 bridgehead atoms. The highest BCUT2D eigenvalue weighted by atomic mass is 32.2. The van der Waals surface area contributed by atoms with Crippen LogP contribution in [0.4, 0.5) is 4.39 Å². The van der Waals surface area contributed by atoms with Gasteiger partial charge in [-0.2, -0.15) is 0 Å². The van der Waals surface area contributed by atoms with Crippen LogP contribution in [0.1, 0.15) is 11.1 Å². The molecule has 3 aromatic rings. The van der Waals surface area contributed by atoms with Crippen molar-refractivity contribution in [2.24, 2.45) is 0 Å². The molecule has 25 heavy (non-hydrogen) atoms. The maximum atomic E-state index is 13.0. The Balaban J connectivity index is 1.84. The maximum Gasteiger partial charge on any atom is 0.281 e. The van der Waals surface area contributed by atoms with Crippen molar-refractivity contribution < 1.29 is 18.7 Å². The first-order chi connectivity index (χ1) is 12.0. The van der Waals surface area contributed by atoms with E-state index in [1.165, 1.54) is 30.3 Å². The third kappa shape index (κ3) is 4.33. The predicted molar refractivity (Wildman–Crippen MR) is 89.7 cm³/mol. The van der Waals surface area contributed by atoms with Crippen molar-refractivity contribution in [1.82, 2.24) is 10.2 Å². The SMILES string of the molecule is Cc1cccc(/C=C(/Sc2nnc(-c3ccc(F)cc3)o2)C(=O)[O-])c1. The van der Waals surface area contributed by atoms with Crippen LogP contribution < -0.4 is 5.11 Å². The van der Waals surface area contributed by atoms with Crippen molar-refractivity contribution >= 4 is 23.8 Å². The molecule has 126 valence electrons. The quantitative estimate of drug-likeness (QED) is 0.517. The lowest BCUT2D eigenvalue weighted by Gasteiger charge is -2.05. The first kappa shape index (κ1) is 16.9. The van der Waals surface area contributed by atoms with E-state index >= 15 is 0 Å². The Kier molecular flexibility index (Phi) is 4.95. The van der Waals surface area contributed by atoms with Crippen LogP contribution in [0.25, 0.3) is 17.5 Å². The molecule has 5 nitrogen and oxygen atoms in total. The summed E-state index contributed by atoms with van der Waals surface area (Å²) in [4.78, 5) is 11.3. The van der Waals surface area contributed by atoms with Crippen LogP contribution >= 0.6 is 11.8 Å². The van der Waals surface area contributed by atoms with Crippen LogP contribution in [0.3, 0.4) is 0 Å². The summed E-state index contributed by atoms with van der Waals surface area (Å²) >= 11 is 0.801. The van der Waals surface area contributed by atoms with Gasteiger partial charge in [0.1, 0.15) is 5.82 Å². The number of carbonyl (C=O) groups is 1. The first-order valence-electron chi connectivity index (χ1n) is 7.28. The molecular formula is C18H12FN2O3S-. The normalized spacial score (nSPS) is 11.5. The van der Waals surface area contributed by atoms with Crippen molar-refractivity contribution in [1.29, 1.82) is 0 Å². The van der Waals surface area contributed by atoms with E-state index in [0.29, 0.717) is 5.56 Å². The Morgan fingerprint density at radius 2 is 1.96 bits per heavy atom. The number of thioether (sulfide) groups is 1. The van der Waals surface area contributed by atoms with E-state index in [1.54, 1.807) is 6.07 Å². The first-order valence-corrected chi connectivity index (χ1v) is 8.10. The van der Waals surface area contributed by atoms with Gasteiger partial charge >= 0.3 is 0 Å². The molecule has 0 amide bonds. The molecule has 0 unspecified atom stereocenters. The molecule has 0 atom stereocenters. The Morgan fingerprint density at radius 1 is 1.20 bits per heavy atom. The van der Waals surface area contributed by atoms with Gasteiger partial charge in [-0.25, -0.2) is 4.39 Å². The van der Waals surface area contributed by atoms with E-state index in [4.69, 9.17) is 4.42 Å². The zero-order valence-corrected chi connectivity index (χ0v) is 13.9. The number of rotatable bonds is 5. The molecule has 1 aromatic heterocycles. The number of benzene rings is 2. The summed E-state index contributed by atoms with van der Waals surface area (Å²) in [7, 11) is 0. The summed E-state index contributed by atoms with van der Waals surface area (Å²) in [5, 5.41) is 19.1. The van der Waals surface area contributed by atoms with Gasteiger partial charge in [0, 0.05) is 10.5 Å². The molecule has 0 saturated carbocycles. The molecule has 0 N–H and O–H groups in total. The minimum atomic E-state index is -1.34. The standard InChI is InChI=1S/C18H13FN2O3S/c1-11-3-2-4-12(9-11)10-15(17(22)23)25-18-21-20-16(24-18)13-5-7-14(19)8-6-13/h2-10H,1H3,(H,22,23)/p-1/b15-10+. The summed E-state index contributed by atoms with van der Waals surface area (Å²) in [6, 6.07) is 12.9. The van der Waals surface area contributed by atoms with Crippen LogP contribution in [0.15, 0.2) is 63.1 Å². The molecule has 1 heterocycles. The predicted octanol–water partition coefficient (Wildman–Crippen LogP) is 3.07.